The van der Waals surface area contributed by atoms with E-state index in [9.17, 15) is 4.79 Å². The summed E-state index contributed by atoms with van der Waals surface area (Å²) in [6, 6.07) is 14.6. The van der Waals surface area contributed by atoms with Crippen molar-refractivity contribution >= 4 is 17.7 Å². The lowest BCUT2D eigenvalue weighted by molar-refractivity contribution is -0.127. The van der Waals surface area contributed by atoms with E-state index in [4.69, 9.17) is 0 Å². The predicted octanol–water partition coefficient (Wildman–Crippen LogP) is 2.44. The van der Waals surface area contributed by atoms with E-state index < -0.39 is 0 Å². The number of aliphatic imine (C=N–C) groups is 1. The summed E-state index contributed by atoms with van der Waals surface area (Å²) < 4.78 is 0. The van der Waals surface area contributed by atoms with Crippen molar-refractivity contribution in [2.45, 2.75) is 32.2 Å². The summed E-state index contributed by atoms with van der Waals surface area (Å²) in [5, 5.41) is 6.74. The number of nitrogens with zero attached hydrogens (tertiary/aromatic N) is 4. The molecule has 7 heteroatoms. The number of carbonyl (C=O) groups is 1. The fraction of sp³-hybridized carbons (Fsp3) is 0.480. The molecule has 32 heavy (non-hydrogen) atoms. The molecule has 0 saturated carbocycles. The highest BCUT2D eigenvalue weighted by Crippen LogP contribution is 2.18. The minimum atomic E-state index is 0.250. The molecule has 2 saturated heterocycles. The Hall–Kier alpha value is -3.09. The first kappa shape index (κ1) is 22.1. The summed E-state index contributed by atoms with van der Waals surface area (Å²) >= 11 is 0. The Balaban J connectivity index is 1.18. The van der Waals surface area contributed by atoms with Gasteiger partial charge in [-0.1, -0.05) is 36.4 Å². The van der Waals surface area contributed by atoms with Crippen molar-refractivity contribution in [2.24, 2.45) is 10.9 Å². The van der Waals surface area contributed by atoms with Crippen molar-refractivity contribution < 1.29 is 4.79 Å². The maximum atomic E-state index is 12.4. The van der Waals surface area contributed by atoms with E-state index in [2.05, 4.69) is 49.8 Å². The van der Waals surface area contributed by atoms with Crippen LogP contribution >= 0.6 is 0 Å². The monoisotopic (exact) mass is 434 g/mol. The van der Waals surface area contributed by atoms with Crippen LogP contribution in [0.4, 0.5) is 5.82 Å². The Bertz CT molecular complexity index is 892. The van der Waals surface area contributed by atoms with Crippen molar-refractivity contribution in [3.05, 3.63) is 59.8 Å². The number of benzene rings is 1. The van der Waals surface area contributed by atoms with Gasteiger partial charge < -0.3 is 20.4 Å². The smallest absolute Gasteiger partial charge is 0.223 e. The molecule has 0 spiro atoms. The number of hydrogen-bond donors (Lipinski definition) is 2. The molecule has 1 atom stereocenters. The molecule has 170 valence electrons. The van der Waals surface area contributed by atoms with Crippen LogP contribution in [-0.4, -0.2) is 61.5 Å². The summed E-state index contributed by atoms with van der Waals surface area (Å²) in [6.07, 6.45) is 5.95. The van der Waals surface area contributed by atoms with Crippen LogP contribution in [-0.2, 0) is 17.8 Å². The summed E-state index contributed by atoms with van der Waals surface area (Å²) in [7, 11) is 1.77. The fourth-order valence-electron chi connectivity index (χ4n) is 4.42. The topological polar surface area (TPSA) is 72.9 Å². The van der Waals surface area contributed by atoms with Gasteiger partial charge in [-0.25, -0.2) is 4.98 Å². The molecule has 2 aromatic rings. The number of amides is 1. The Kier molecular flexibility index (Phi) is 7.59. The van der Waals surface area contributed by atoms with E-state index >= 15 is 0 Å². The Morgan fingerprint density at radius 3 is 2.62 bits per heavy atom. The van der Waals surface area contributed by atoms with Gasteiger partial charge in [0.1, 0.15) is 5.82 Å². The zero-order valence-electron chi connectivity index (χ0n) is 19.0. The van der Waals surface area contributed by atoms with Gasteiger partial charge in [-0.05, 0) is 36.5 Å². The predicted molar refractivity (Wildman–Crippen MR) is 129 cm³/mol. The van der Waals surface area contributed by atoms with E-state index in [0.717, 1.165) is 56.5 Å². The fourth-order valence-corrected chi connectivity index (χ4v) is 4.42. The maximum Gasteiger partial charge on any atom is 0.223 e. The summed E-state index contributed by atoms with van der Waals surface area (Å²) in [6.45, 7) is 5.20. The van der Waals surface area contributed by atoms with Gasteiger partial charge in [-0.3, -0.25) is 9.79 Å². The third-order valence-electron chi connectivity index (χ3n) is 6.29. The van der Waals surface area contributed by atoms with Crippen LogP contribution in [0.1, 0.15) is 30.4 Å². The molecule has 2 aliphatic heterocycles. The van der Waals surface area contributed by atoms with E-state index in [-0.39, 0.29) is 5.91 Å². The first-order valence-electron chi connectivity index (χ1n) is 11.7. The molecule has 3 heterocycles. The third kappa shape index (κ3) is 5.99. The number of nitrogens with one attached hydrogen (secondary N) is 2. The maximum absolute atomic E-state index is 12.4. The minimum Gasteiger partial charge on any atom is -0.357 e. The number of guanidine groups is 1. The summed E-state index contributed by atoms with van der Waals surface area (Å²) in [4.78, 5) is 25.7. The molecule has 7 nitrogen and oxygen atoms in total. The molecule has 1 amide bonds. The Morgan fingerprint density at radius 2 is 1.91 bits per heavy atom. The van der Waals surface area contributed by atoms with Crippen LogP contribution in [0.15, 0.2) is 53.7 Å². The zero-order chi connectivity index (χ0) is 22.2. The van der Waals surface area contributed by atoms with Crippen LogP contribution in [0.3, 0.4) is 0 Å². The number of carbonyl (C=O) groups excluding carboxylic acids is 1. The Labute approximate surface area is 190 Å². The molecule has 1 aromatic carbocycles. The van der Waals surface area contributed by atoms with Gasteiger partial charge in [-0.15, -0.1) is 0 Å². The molecule has 2 N–H and O–H groups in total. The highest BCUT2D eigenvalue weighted by Gasteiger charge is 2.29. The number of hydrogen-bond acceptors (Lipinski definition) is 4. The average molecular weight is 435 g/mol. The first-order chi connectivity index (χ1) is 15.7. The SMILES string of the molecule is CN=C(NCc1ccc(N2CCCC2)nc1)NCC1CC(=O)N(CCc2ccccc2)C1. The number of pyridine rings is 1. The largest absolute Gasteiger partial charge is 0.357 e. The van der Waals surface area contributed by atoms with Gasteiger partial charge in [0.05, 0.1) is 0 Å². The second kappa shape index (κ2) is 11.0. The number of anilines is 1. The molecule has 1 unspecified atom stereocenters. The van der Waals surface area contributed by atoms with Gasteiger partial charge >= 0.3 is 0 Å². The highest BCUT2D eigenvalue weighted by molar-refractivity contribution is 5.80. The lowest BCUT2D eigenvalue weighted by atomic mass is 10.1. The standard InChI is InChI=1S/C25H34N6O/c1-26-25(28-17-21-9-10-23(27-16-21)30-12-5-6-13-30)29-18-22-15-24(32)31(19-22)14-11-20-7-3-2-4-8-20/h2-4,7-10,16,22H,5-6,11-15,17-19H2,1H3,(H2,26,28,29). The molecule has 0 radical (unpaired) electrons. The van der Waals surface area contributed by atoms with Crippen LogP contribution in [0.5, 0.6) is 0 Å². The van der Waals surface area contributed by atoms with Crippen molar-refractivity contribution in [3.63, 3.8) is 0 Å². The van der Waals surface area contributed by atoms with E-state index in [1.165, 1.54) is 18.4 Å². The van der Waals surface area contributed by atoms with Crippen molar-refractivity contribution in [1.29, 1.82) is 0 Å². The van der Waals surface area contributed by atoms with Gasteiger partial charge in [-0.2, -0.15) is 0 Å². The first-order valence-corrected chi connectivity index (χ1v) is 11.7. The second-order valence-electron chi connectivity index (χ2n) is 8.67. The van der Waals surface area contributed by atoms with E-state index in [0.29, 0.717) is 18.9 Å². The Morgan fingerprint density at radius 1 is 1.09 bits per heavy atom. The molecule has 4 rings (SSSR count). The van der Waals surface area contributed by atoms with Crippen LogP contribution in [0, 0.1) is 5.92 Å². The van der Waals surface area contributed by atoms with Crippen LogP contribution < -0.4 is 15.5 Å². The minimum absolute atomic E-state index is 0.250. The van der Waals surface area contributed by atoms with Crippen molar-refractivity contribution in [1.82, 2.24) is 20.5 Å². The molecular weight excluding hydrogens is 400 g/mol. The molecule has 2 fully saturated rings. The van der Waals surface area contributed by atoms with Crippen molar-refractivity contribution in [3.8, 4) is 0 Å². The molecular formula is C25H34N6O. The van der Waals surface area contributed by atoms with Gasteiger partial charge in [0.15, 0.2) is 5.96 Å². The lowest BCUT2D eigenvalue weighted by Gasteiger charge is -2.18. The molecule has 1 aromatic heterocycles. The number of rotatable bonds is 8. The second-order valence-corrected chi connectivity index (χ2v) is 8.67. The quantitative estimate of drug-likeness (QED) is 0.493. The van der Waals surface area contributed by atoms with Crippen LogP contribution in [0.2, 0.25) is 0 Å². The molecule has 2 aliphatic rings. The lowest BCUT2D eigenvalue weighted by Crippen LogP contribution is -2.40. The van der Waals surface area contributed by atoms with Crippen LogP contribution in [0.25, 0.3) is 0 Å². The number of likely N-dealkylation sites (tertiary alicyclic amines) is 1. The zero-order valence-corrected chi connectivity index (χ0v) is 19.0. The molecule has 0 aliphatic carbocycles. The van der Waals surface area contributed by atoms with E-state index in [1.54, 1.807) is 7.05 Å². The number of aromatic nitrogens is 1. The van der Waals surface area contributed by atoms with Crippen molar-refractivity contribution in [2.75, 3.05) is 44.7 Å². The highest BCUT2D eigenvalue weighted by atomic mass is 16.2. The molecule has 0 bridgehead atoms. The van der Waals surface area contributed by atoms with Gasteiger partial charge in [0.2, 0.25) is 5.91 Å². The average Bonchev–Trinajstić information content (AvgIpc) is 3.49. The van der Waals surface area contributed by atoms with Gasteiger partial charge in [0.25, 0.3) is 0 Å². The third-order valence-corrected chi connectivity index (χ3v) is 6.29. The summed E-state index contributed by atoms with van der Waals surface area (Å²) in [5.74, 6) is 2.37. The van der Waals surface area contributed by atoms with E-state index in [1.807, 2.05) is 29.3 Å². The van der Waals surface area contributed by atoms with Gasteiger partial charge in [0, 0.05) is 64.9 Å². The normalized spacial score (nSPS) is 19.0. The summed E-state index contributed by atoms with van der Waals surface area (Å²) in [5.41, 5.74) is 2.40.